The van der Waals surface area contributed by atoms with Crippen molar-refractivity contribution in [2.24, 2.45) is 5.73 Å². The lowest BCUT2D eigenvalue weighted by Gasteiger charge is -2.37. The number of urea groups is 1. The van der Waals surface area contributed by atoms with Crippen LogP contribution in [-0.2, 0) is 11.2 Å². The number of unbranched alkanes of at least 4 members (excludes halogenated alkanes) is 2. The first-order valence-corrected chi connectivity index (χ1v) is 11.0. The van der Waals surface area contributed by atoms with Crippen molar-refractivity contribution in [1.82, 2.24) is 10.2 Å². The van der Waals surface area contributed by atoms with Crippen LogP contribution in [-0.4, -0.2) is 44.1 Å². The zero-order valence-electron chi connectivity index (χ0n) is 17.5. The third-order valence-corrected chi connectivity index (χ3v) is 6.30. The van der Waals surface area contributed by atoms with Gasteiger partial charge in [0, 0.05) is 24.4 Å². The molecule has 162 valence electrons. The molecular weight excluding hydrogens is 402 g/mol. The summed E-state index contributed by atoms with van der Waals surface area (Å²) in [5.41, 5.74) is 7.35. The van der Waals surface area contributed by atoms with Gasteiger partial charge in [-0.05, 0) is 54.0 Å². The van der Waals surface area contributed by atoms with Crippen LogP contribution in [0.1, 0.15) is 47.7 Å². The Morgan fingerprint density at radius 3 is 2.63 bits per heavy atom. The third kappa shape index (κ3) is 5.05. The highest BCUT2D eigenvalue weighted by atomic mass is 32.1. The van der Waals surface area contributed by atoms with Crippen molar-refractivity contribution in [3.63, 3.8) is 0 Å². The highest BCUT2D eigenvalue weighted by molar-refractivity contribution is 7.10. The van der Waals surface area contributed by atoms with Crippen LogP contribution in [0.15, 0.2) is 29.6 Å². The van der Waals surface area contributed by atoms with Gasteiger partial charge >= 0.3 is 6.03 Å². The van der Waals surface area contributed by atoms with Crippen LogP contribution < -0.4 is 20.5 Å². The molecule has 3 amide bonds. The number of hydrogen-bond acceptors (Lipinski definition) is 5. The van der Waals surface area contributed by atoms with Gasteiger partial charge in [-0.15, -0.1) is 11.3 Å². The number of fused-ring (bicyclic) bond motifs is 1. The average Bonchev–Trinajstić information content (AvgIpc) is 3.28. The molecule has 0 spiro atoms. The van der Waals surface area contributed by atoms with Crippen LogP contribution in [0.2, 0.25) is 0 Å². The van der Waals surface area contributed by atoms with Gasteiger partial charge in [-0.2, -0.15) is 0 Å². The number of ether oxygens (including phenoxy) is 2. The van der Waals surface area contributed by atoms with E-state index in [4.69, 9.17) is 15.2 Å². The van der Waals surface area contributed by atoms with Crippen LogP contribution in [0.25, 0.3) is 0 Å². The zero-order chi connectivity index (χ0) is 21.5. The van der Waals surface area contributed by atoms with Gasteiger partial charge in [0.25, 0.3) is 0 Å². The molecule has 7 nitrogen and oxygen atoms in total. The van der Waals surface area contributed by atoms with Crippen LogP contribution in [0.4, 0.5) is 4.79 Å². The number of nitrogens with zero attached hydrogens (tertiary/aromatic N) is 1. The Morgan fingerprint density at radius 1 is 1.20 bits per heavy atom. The molecule has 2 aromatic rings. The maximum absolute atomic E-state index is 13.1. The Labute approximate surface area is 181 Å². The van der Waals surface area contributed by atoms with Gasteiger partial charge < -0.3 is 25.4 Å². The Hall–Kier alpha value is -2.74. The zero-order valence-corrected chi connectivity index (χ0v) is 18.3. The summed E-state index contributed by atoms with van der Waals surface area (Å²) in [7, 11) is 3.27. The van der Waals surface area contributed by atoms with Crippen LogP contribution in [0, 0.1) is 0 Å². The number of rotatable bonds is 9. The molecule has 0 saturated heterocycles. The molecule has 1 aliphatic rings. The molecule has 0 fully saturated rings. The van der Waals surface area contributed by atoms with E-state index < -0.39 is 6.03 Å². The molecule has 2 heterocycles. The van der Waals surface area contributed by atoms with Crippen LogP contribution in [0.3, 0.4) is 0 Å². The van der Waals surface area contributed by atoms with E-state index in [1.54, 1.807) is 25.6 Å². The first-order valence-electron chi connectivity index (χ1n) is 10.2. The SMILES string of the molecule is COc1cc2c(cc1OC)[C@@H](c1cccs1)N(C(=O)CCCCCNC(N)=O)CC2. The van der Waals surface area contributed by atoms with E-state index in [-0.39, 0.29) is 11.9 Å². The summed E-state index contributed by atoms with van der Waals surface area (Å²) in [6.45, 7) is 1.22. The number of nitrogens with two attached hydrogens (primary N) is 1. The van der Waals surface area contributed by atoms with E-state index >= 15 is 0 Å². The van der Waals surface area contributed by atoms with Gasteiger partial charge in [0.15, 0.2) is 11.5 Å². The second-order valence-corrected chi connectivity index (χ2v) is 8.24. The van der Waals surface area contributed by atoms with Gasteiger partial charge in [-0.25, -0.2) is 4.79 Å². The first-order chi connectivity index (χ1) is 14.5. The molecule has 0 radical (unpaired) electrons. The van der Waals surface area contributed by atoms with Crippen molar-refractivity contribution >= 4 is 23.3 Å². The lowest BCUT2D eigenvalue weighted by atomic mass is 9.90. The Morgan fingerprint density at radius 2 is 1.97 bits per heavy atom. The van der Waals surface area contributed by atoms with E-state index in [9.17, 15) is 9.59 Å². The highest BCUT2D eigenvalue weighted by Crippen LogP contribution is 2.42. The molecule has 0 aliphatic carbocycles. The smallest absolute Gasteiger partial charge is 0.312 e. The summed E-state index contributed by atoms with van der Waals surface area (Å²) in [5.74, 6) is 1.54. The topological polar surface area (TPSA) is 93.9 Å². The van der Waals surface area contributed by atoms with E-state index in [1.165, 1.54) is 5.56 Å². The molecule has 0 unspecified atom stereocenters. The maximum atomic E-state index is 13.1. The van der Waals surface area contributed by atoms with E-state index in [0.717, 1.165) is 36.1 Å². The Bertz CT molecular complexity index is 870. The quantitative estimate of drug-likeness (QED) is 0.595. The van der Waals surface area contributed by atoms with Crippen LogP contribution >= 0.6 is 11.3 Å². The molecule has 1 atom stereocenters. The molecule has 0 saturated carbocycles. The number of thiophene rings is 1. The monoisotopic (exact) mass is 431 g/mol. The van der Waals surface area contributed by atoms with E-state index in [1.807, 2.05) is 28.5 Å². The number of methoxy groups -OCH3 is 2. The average molecular weight is 432 g/mol. The summed E-state index contributed by atoms with van der Waals surface area (Å²) < 4.78 is 11.0. The predicted molar refractivity (Wildman–Crippen MR) is 117 cm³/mol. The van der Waals surface area contributed by atoms with Gasteiger partial charge in [-0.3, -0.25) is 4.79 Å². The number of hydrogen-bond donors (Lipinski definition) is 2. The second kappa shape index (κ2) is 10.3. The number of primary amides is 1. The Kier molecular flexibility index (Phi) is 7.57. The van der Waals surface area contributed by atoms with E-state index in [0.29, 0.717) is 31.0 Å². The molecule has 3 N–H and O–H groups in total. The normalized spacial score (nSPS) is 15.4. The standard InChI is InChI=1S/C22H29N3O4S/c1-28-17-13-15-9-11-25(20(26)8-4-3-5-10-24-22(23)27)21(19-7-6-12-30-19)16(15)14-18(17)29-2/h6-7,12-14,21H,3-5,8-11H2,1-2H3,(H3,23,24,27)/t21-/m0/s1. The van der Waals surface area contributed by atoms with Crippen LogP contribution in [0.5, 0.6) is 11.5 Å². The van der Waals surface area contributed by atoms with Gasteiger partial charge in [0.2, 0.25) is 5.91 Å². The summed E-state index contributed by atoms with van der Waals surface area (Å²) in [6, 6.07) is 7.51. The summed E-state index contributed by atoms with van der Waals surface area (Å²) >= 11 is 1.66. The minimum atomic E-state index is -0.510. The predicted octanol–water partition coefficient (Wildman–Crippen LogP) is 3.47. The van der Waals surface area contributed by atoms with Gasteiger partial charge in [0.1, 0.15) is 0 Å². The molecule has 30 heavy (non-hydrogen) atoms. The minimum Gasteiger partial charge on any atom is -0.493 e. The number of carbonyl (C=O) groups excluding carboxylic acids is 2. The van der Waals surface area contributed by atoms with Crippen molar-refractivity contribution in [2.75, 3.05) is 27.3 Å². The fraction of sp³-hybridized carbons (Fsp3) is 0.455. The molecule has 1 aliphatic heterocycles. The highest BCUT2D eigenvalue weighted by Gasteiger charge is 2.33. The number of amides is 3. The lowest BCUT2D eigenvalue weighted by molar-refractivity contribution is -0.133. The number of benzene rings is 1. The summed E-state index contributed by atoms with van der Waals surface area (Å²) in [6.07, 6.45) is 3.73. The van der Waals surface area contributed by atoms with Crippen molar-refractivity contribution in [1.29, 1.82) is 0 Å². The lowest BCUT2D eigenvalue weighted by Crippen LogP contribution is -2.40. The number of nitrogens with one attached hydrogen (secondary N) is 1. The first kappa shape index (κ1) is 22.0. The third-order valence-electron chi connectivity index (χ3n) is 5.37. The molecular formula is C22H29N3O4S. The maximum Gasteiger partial charge on any atom is 0.312 e. The fourth-order valence-electron chi connectivity index (χ4n) is 3.90. The van der Waals surface area contributed by atoms with Crippen molar-refractivity contribution in [3.05, 3.63) is 45.6 Å². The molecule has 0 bridgehead atoms. The molecule has 1 aromatic heterocycles. The van der Waals surface area contributed by atoms with Gasteiger partial charge in [-0.1, -0.05) is 12.5 Å². The largest absolute Gasteiger partial charge is 0.493 e. The fourth-order valence-corrected chi connectivity index (χ4v) is 4.76. The van der Waals surface area contributed by atoms with E-state index in [2.05, 4.69) is 11.4 Å². The molecule has 8 heteroatoms. The minimum absolute atomic E-state index is 0.113. The summed E-state index contributed by atoms with van der Waals surface area (Å²) in [4.78, 5) is 27.0. The number of carbonyl (C=O) groups is 2. The van der Waals surface area contributed by atoms with Crippen molar-refractivity contribution in [2.45, 2.75) is 38.1 Å². The summed E-state index contributed by atoms with van der Waals surface area (Å²) in [5, 5.41) is 4.62. The van der Waals surface area contributed by atoms with Crippen molar-refractivity contribution < 1.29 is 19.1 Å². The molecule has 1 aromatic carbocycles. The second-order valence-electron chi connectivity index (χ2n) is 7.26. The Balaban J connectivity index is 1.75. The van der Waals surface area contributed by atoms with Gasteiger partial charge in [0.05, 0.1) is 20.3 Å². The van der Waals surface area contributed by atoms with Crippen molar-refractivity contribution in [3.8, 4) is 11.5 Å². The molecule has 3 rings (SSSR count).